The van der Waals surface area contributed by atoms with Gasteiger partial charge in [0.15, 0.2) is 5.82 Å². The number of imidazole rings is 1. The van der Waals surface area contributed by atoms with Gasteiger partial charge in [0.1, 0.15) is 12.0 Å². The van der Waals surface area contributed by atoms with Crippen molar-refractivity contribution in [2.75, 3.05) is 11.9 Å². The molecule has 1 aliphatic carbocycles. The number of anilines is 1. The van der Waals surface area contributed by atoms with E-state index in [0.29, 0.717) is 18.5 Å². The van der Waals surface area contributed by atoms with Crippen LogP contribution in [0, 0.1) is 0 Å². The van der Waals surface area contributed by atoms with Gasteiger partial charge in [0, 0.05) is 24.5 Å². The summed E-state index contributed by atoms with van der Waals surface area (Å²) in [6.07, 6.45) is 6.52. The van der Waals surface area contributed by atoms with Gasteiger partial charge in [-0.1, -0.05) is 30.3 Å². The Kier molecular flexibility index (Phi) is 5.81. The quantitative estimate of drug-likeness (QED) is 0.396. The van der Waals surface area contributed by atoms with Crippen LogP contribution in [0.3, 0.4) is 0 Å². The third-order valence-corrected chi connectivity index (χ3v) is 6.47. The van der Waals surface area contributed by atoms with Crippen LogP contribution in [0.25, 0.3) is 11.5 Å². The zero-order valence-corrected chi connectivity index (χ0v) is 18.9. The van der Waals surface area contributed by atoms with Crippen LogP contribution in [-0.4, -0.2) is 37.1 Å². The molecular weight excluding hydrogens is 428 g/mol. The second kappa shape index (κ2) is 9.07. The largest absolute Gasteiger partial charge is 0.394 e. The second-order valence-corrected chi connectivity index (χ2v) is 8.51. The Labute approximate surface area is 197 Å². The predicted octanol–water partition coefficient (Wildman–Crippen LogP) is 3.05. The van der Waals surface area contributed by atoms with Crippen molar-refractivity contribution >= 4 is 11.6 Å². The molecular formula is C26H26N6O2. The summed E-state index contributed by atoms with van der Waals surface area (Å²) in [7, 11) is 1.94. The van der Waals surface area contributed by atoms with Crippen molar-refractivity contribution < 1.29 is 9.90 Å². The van der Waals surface area contributed by atoms with Crippen molar-refractivity contribution in [1.82, 2.24) is 24.8 Å². The highest BCUT2D eigenvalue weighted by atomic mass is 16.3. The maximum atomic E-state index is 13.1. The lowest BCUT2D eigenvalue weighted by Gasteiger charge is -2.29. The zero-order valence-electron chi connectivity index (χ0n) is 18.9. The Balaban J connectivity index is 1.29. The fourth-order valence-corrected chi connectivity index (χ4v) is 4.54. The van der Waals surface area contributed by atoms with Crippen molar-refractivity contribution in [1.29, 1.82) is 0 Å². The molecule has 8 nitrogen and oxygen atoms in total. The fraction of sp³-hybridized carbons (Fsp3) is 0.231. The molecule has 2 heterocycles. The van der Waals surface area contributed by atoms with E-state index < -0.39 is 5.54 Å². The maximum Gasteiger partial charge on any atom is 0.252 e. The average Bonchev–Trinajstić information content (AvgIpc) is 3.44. The van der Waals surface area contributed by atoms with Crippen molar-refractivity contribution in [2.24, 2.45) is 7.05 Å². The van der Waals surface area contributed by atoms with E-state index in [1.165, 1.54) is 11.9 Å². The lowest BCUT2D eigenvalue weighted by molar-refractivity contribution is 0.0829. The number of benzene rings is 2. The van der Waals surface area contributed by atoms with E-state index in [9.17, 15) is 9.90 Å². The molecule has 4 aromatic rings. The number of aliphatic hydroxyl groups excluding tert-OH is 1. The standard InChI is InChI=1S/C26H26N6O2/c1-32-21(15-29-24(32)23-10-12-27-17-30-23)14-28-20-7-4-6-19(13-20)25(34)31-26(16-33)11-9-18-5-2-3-8-22(18)26/h2-8,10,12-13,15,17,28,33H,9,11,14,16H2,1H3,(H,31,34). The van der Waals surface area contributed by atoms with Crippen LogP contribution < -0.4 is 10.6 Å². The van der Waals surface area contributed by atoms with Crippen LogP contribution in [0.15, 0.2) is 73.3 Å². The molecule has 34 heavy (non-hydrogen) atoms. The molecule has 0 spiro atoms. The van der Waals surface area contributed by atoms with Crippen molar-refractivity contribution in [3.05, 3.63) is 95.7 Å². The highest BCUT2D eigenvalue weighted by Crippen LogP contribution is 2.36. The summed E-state index contributed by atoms with van der Waals surface area (Å²) in [5, 5.41) is 16.7. The molecule has 2 aromatic carbocycles. The summed E-state index contributed by atoms with van der Waals surface area (Å²) < 4.78 is 1.98. The predicted molar refractivity (Wildman–Crippen MR) is 129 cm³/mol. The van der Waals surface area contributed by atoms with Crippen LogP contribution in [0.2, 0.25) is 0 Å². The van der Waals surface area contributed by atoms with Crippen molar-refractivity contribution in [3.8, 4) is 11.5 Å². The number of hydrogen-bond donors (Lipinski definition) is 3. The van der Waals surface area contributed by atoms with E-state index in [1.807, 2.05) is 60.3 Å². The molecule has 0 saturated heterocycles. The van der Waals surface area contributed by atoms with Gasteiger partial charge in [-0.05, 0) is 48.2 Å². The molecule has 1 amide bonds. The summed E-state index contributed by atoms with van der Waals surface area (Å²) in [6.45, 7) is 0.399. The number of carbonyl (C=O) groups is 1. The van der Waals surface area contributed by atoms with Crippen LogP contribution in [0.4, 0.5) is 5.69 Å². The highest BCUT2D eigenvalue weighted by Gasteiger charge is 2.39. The molecule has 1 atom stereocenters. The molecule has 172 valence electrons. The minimum atomic E-state index is -0.747. The first-order chi connectivity index (χ1) is 16.6. The van der Waals surface area contributed by atoms with Crippen molar-refractivity contribution in [3.63, 3.8) is 0 Å². The summed E-state index contributed by atoms with van der Waals surface area (Å²) in [6, 6.07) is 17.2. The number of rotatable bonds is 7. The fourth-order valence-electron chi connectivity index (χ4n) is 4.54. The summed E-state index contributed by atoms with van der Waals surface area (Å²) in [5.74, 6) is 0.555. The maximum absolute atomic E-state index is 13.1. The lowest BCUT2D eigenvalue weighted by atomic mass is 9.92. The Bertz CT molecular complexity index is 1320. The van der Waals surface area contributed by atoms with Crippen LogP contribution in [0.5, 0.6) is 0 Å². The molecule has 3 N–H and O–H groups in total. The van der Waals surface area contributed by atoms with Gasteiger partial charge in [-0.25, -0.2) is 15.0 Å². The molecule has 0 saturated carbocycles. The van der Waals surface area contributed by atoms with Gasteiger partial charge in [0.2, 0.25) is 0 Å². The minimum absolute atomic E-state index is 0.136. The van der Waals surface area contributed by atoms with E-state index in [-0.39, 0.29) is 12.5 Å². The normalized spacial score (nSPS) is 16.8. The minimum Gasteiger partial charge on any atom is -0.394 e. The van der Waals surface area contributed by atoms with Gasteiger partial charge >= 0.3 is 0 Å². The first-order valence-corrected chi connectivity index (χ1v) is 11.2. The molecule has 1 aliphatic rings. The number of aliphatic hydroxyl groups is 1. The number of amides is 1. The van der Waals surface area contributed by atoms with Gasteiger partial charge in [-0.3, -0.25) is 4.79 Å². The van der Waals surface area contributed by atoms with Crippen molar-refractivity contribution in [2.45, 2.75) is 24.9 Å². The Hall–Kier alpha value is -4.04. The molecule has 5 rings (SSSR count). The number of nitrogens with one attached hydrogen (secondary N) is 2. The Morgan fingerprint density at radius 2 is 2.03 bits per heavy atom. The summed E-state index contributed by atoms with van der Waals surface area (Å²) >= 11 is 0. The molecule has 8 heteroatoms. The SMILES string of the molecule is Cn1c(CNc2cccc(C(=O)NC3(CO)CCc4ccccc43)c2)cnc1-c1ccncn1. The van der Waals surface area contributed by atoms with Crippen LogP contribution in [-0.2, 0) is 25.6 Å². The van der Waals surface area contributed by atoms with E-state index in [4.69, 9.17) is 0 Å². The summed E-state index contributed by atoms with van der Waals surface area (Å²) in [5.41, 5.74) is 4.51. The smallest absolute Gasteiger partial charge is 0.252 e. The first-order valence-electron chi connectivity index (χ1n) is 11.2. The Morgan fingerprint density at radius 3 is 2.85 bits per heavy atom. The summed E-state index contributed by atoms with van der Waals surface area (Å²) in [4.78, 5) is 25.8. The van der Waals surface area contributed by atoms with Crippen LogP contribution in [0.1, 0.15) is 33.6 Å². The molecule has 0 fully saturated rings. The second-order valence-electron chi connectivity index (χ2n) is 8.51. The van der Waals surface area contributed by atoms with E-state index >= 15 is 0 Å². The molecule has 0 aliphatic heterocycles. The lowest BCUT2D eigenvalue weighted by Crippen LogP contribution is -2.47. The average molecular weight is 455 g/mol. The monoisotopic (exact) mass is 454 g/mol. The number of aromatic nitrogens is 4. The van der Waals surface area contributed by atoms with E-state index in [2.05, 4.69) is 31.7 Å². The topological polar surface area (TPSA) is 105 Å². The van der Waals surface area contributed by atoms with Gasteiger partial charge in [0.25, 0.3) is 5.91 Å². The number of nitrogens with zero attached hydrogens (tertiary/aromatic N) is 4. The number of carbonyl (C=O) groups excluding carboxylic acids is 1. The Morgan fingerprint density at radius 1 is 1.15 bits per heavy atom. The number of aryl methyl sites for hydroxylation is 1. The molecule has 0 radical (unpaired) electrons. The number of hydrogen-bond acceptors (Lipinski definition) is 6. The number of fused-ring (bicyclic) bond motifs is 1. The van der Waals surface area contributed by atoms with Gasteiger partial charge < -0.3 is 20.3 Å². The molecule has 1 unspecified atom stereocenters. The van der Waals surface area contributed by atoms with Gasteiger partial charge in [-0.15, -0.1) is 0 Å². The van der Waals surface area contributed by atoms with Gasteiger partial charge in [-0.2, -0.15) is 0 Å². The van der Waals surface area contributed by atoms with Crippen LogP contribution >= 0.6 is 0 Å². The third kappa shape index (κ3) is 4.04. The molecule has 0 bridgehead atoms. The van der Waals surface area contributed by atoms with Gasteiger partial charge in [0.05, 0.1) is 30.6 Å². The highest BCUT2D eigenvalue weighted by molar-refractivity contribution is 5.95. The third-order valence-electron chi connectivity index (χ3n) is 6.47. The van der Waals surface area contributed by atoms with E-state index in [0.717, 1.165) is 34.9 Å². The zero-order chi connectivity index (χ0) is 23.5. The van der Waals surface area contributed by atoms with E-state index in [1.54, 1.807) is 12.3 Å². The molecule has 2 aromatic heterocycles. The first kappa shape index (κ1) is 21.8.